The molecule has 0 aliphatic carbocycles. The molecule has 3 aromatic heterocycles. The smallest absolute Gasteiger partial charge is 0.140 e. The van der Waals surface area contributed by atoms with E-state index in [2.05, 4.69) is 31.5 Å². The lowest BCUT2D eigenvalue weighted by molar-refractivity contribution is 0.405. The maximum absolute atomic E-state index is 5.90. The van der Waals surface area contributed by atoms with Gasteiger partial charge in [-0.3, -0.25) is 4.98 Å². The Morgan fingerprint density at radius 3 is 2.71 bits per heavy atom. The first-order valence-electron chi connectivity index (χ1n) is 8.88. The number of nitrogens with zero attached hydrogens (tertiary/aromatic N) is 4. The summed E-state index contributed by atoms with van der Waals surface area (Å²) in [6, 6.07) is 7.79. The van der Waals surface area contributed by atoms with Crippen LogP contribution < -0.4 is 15.8 Å². The van der Waals surface area contributed by atoms with E-state index in [0.29, 0.717) is 12.4 Å². The van der Waals surface area contributed by atoms with E-state index in [-0.39, 0.29) is 5.92 Å². The Morgan fingerprint density at radius 1 is 1.14 bits per heavy atom. The lowest BCUT2D eigenvalue weighted by atomic mass is 10.0. The van der Waals surface area contributed by atoms with Gasteiger partial charge in [0.25, 0.3) is 0 Å². The van der Waals surface area contributed by atoms with Crippen molar-refractivity contribution in [2.75, 3.05) is 36.7 Å². The monoisotopic (exact) mass is 396 g/mol. The molecule has 0 amide bonds. The fourth-order valence-electron chi connectivity index (χ4n) is 2.88. The molecule has 0 aliphatic heterocycles. The Labute approximate surface area is 169 Å². The van der Waals surface area contributed by atoms with Gasteiger partial charge in [-0.05, 0) is 31.4 Å². The molecule has 3 aromatic rings. The van der Waals surface area contributed by atoms with Gasteiger partial charge in [0.2, 0.25) is 0 Å². The second kappa shape index (κ2) is 9.36. The zero-order chi connectivity index (χ0) is 19.9. The average Bonchev–Trinajstić information content (AvgIpc) is 2.72. The molecule has 3 rings (SSSR count). The third kappa shape index (κ3) is 4.89. The van der Waals surface area contributed by atoms with E-state index < -0.39 is 0 Å². The minimum absolute atomic E-state index is 0.190. The Balaban J connectivity index is 1.78. The van der Waals surface area contributed by atoms with Crippen LogP contribution in [0.25, 0.3) is 11.3 Å². The SMILES string of the molecule is COc1cnc(N)cc1C(CNc1cc(-c2ccc(C)nc2)ncn1)CSC. The van der Waals surface area contributed by atoms with Crippen molar-refractivity contribution >= 4 is 23.4 Å². The molecule has 1 unspecified atom stereocenters. The normalized spacial score (nSPS) is 11.8. The van der Waals surface area contributed by atoms with Gasteiger partial charge in [0, 0.05) is 47.3 Å². The highest BCUT2D eigenvalue weighted by Gasteiger charge is 2.17. The van der Waals surface area contributed by atoms with Crippen molar-refractivity contribution < 1.29 is 4.74 Å². The van der Waals surface area contributed by atoms with Crippen molar-refractivity contribution in [3.05, 3.63) is 54.2 Å². The van der Waals surface area contributed by atoms with E-state index in [1.54, 1.807) is 31.4 Å². The van der Waals surface area contributed by atoms with Crippen molar-refractivity contribution in [3.8, 4) is 17.0 Å². The summed E-state index contributed by atoms with van der Waals surface area (Å²) in [6.07, 6.45) is 7.14. The minimum Gasteiger partial charge on any atom is -0.495 e. The number of anilines is 2. The Bertz CT molecular complexity index is 919. The second-order valence-electron chi connectivity index (χ2n) is 6.36. The van der Waals surface area contributed by atoms with E-state index in [9.17, 15) is 0 Å². The quantitative estimate of drug-likeness (QED) is 0.598. The summed E-state index contributed by atoms with van der Waals surface area (Å²) < 4.78 is 5.48. The van der Waals surface area contributed by atoms with Gasteiger partial charge < -0.3 is 15.8 Å². The van der Waals surface area contributed by atoms with E-state index >= 15 is 0 Å². The summed E-state index contributed by atoms with van der Waals surface area (Å²) in [4.78, 5) is 17.2. The molecule has 1 atom stereocenters. The molecule has 3 N–H and O–H groups in total. The first-order valence-corrected chi connectivity index (χ1v) is 10.3. The number of nitrogen functional groups attached to an aromatic ring is 1. The van der Waals surface area contributed by atoms with Gasteiger partial charge in [-0.15, -0.1) is 0 Å². The first-order chi connectivity index (χ1) is 13.6. The zero-order valence-electron chi connectivity index (χ0n) is 16.2. The Kier molecular flexibility index (Phi) is 6.65. The van der Waals surface area contributed by atoms with Crippen LogP contribution in [0.1, 0.15) is 17.2 Å². The van der Waals surface area contributed by atoms with Crippen LogP contribution >= 0.6 is 11.8 Å². The predicted molar refractivity (Wildman–Crippen MR) is 115 cm³/mol. The number of hydrogen-bond donors (Lipinski definition) is 2. The number of nitrogens with two attached hydrogens (primary N) is 1. The third-order valence-electron chi connectivity index (χ3n) is 4.35. The maximum atomic E-state index is 5.90. The molecule has 0 bridgehead atoms. The molecule has 0 radical (unpaired) electrons. The summed E-state index contributed by atoms with van der Waals surface area (Å²) in [6.45, 7) is 2.64. The number of methoxy groups -OCH3 is 1. The van der Waals surface area contributed by atoms with Gasteiger partial charge >= 0.3 is 0 Å². The molecule has 0 fully saturated rings. The van der Waals surface area contributed by atoms with Crippen molar-refractivity contribution in [2.45, 2.75) is 12.8 Å². The second-order valence-corrected chi connectivity index (χ2v) is 7.27. The van der Waals surface area contributed by atoms with Gasteiger partial charge in [-0.2, -0.15) is 11.8 Å². The summed E-state index contributed by atoms with van der Waals surface area (Å²) >= 11 is 1.77. The van der Waals surface area contributed by atoms with Crippen LogP contribution in [0.4, 0.5) is 11.6 Å². The summed E-state index contributed by atoms with van der Waals surface area (Å²) in [5.41, 5.74) is 9.70. The Morgan fingerprint density at radius 2 is 2.00 bits per heavy atom. The van der Waals surface area contributed by atoms with E-state index in [1.807, 2.05) is 37.4 Å². The van der Waals surface area contributed by atoms with E-state index in [1.165, 1.54) is 0 Å². The van der Waals surface area contributed by atoms with Crippen LogP contribution in [-0.2, 0) is 0 Å². The van der Waals surface area contributed by atoms with Crippen LogP contribution in [-0.4, -0.2) is 45.6 Å². The topological polar surface area (TPSA) is 98.8 Å². The standard InChI is InChI=1S/C20H24N6OS/c1-13-4-5-14(8-22-13)17-7-20(26-12-25-17)24-9-15(11-28-3)16-6-19(21)23-10-18(16)27-2/h4-8,10,12,15H,9,11H2,1-3H3,(H2,21,23)(H,24,25,26). The lowest BCUT2D eigenvalue weighted by Gasteiger charge is -2.20. The number of pyridine rings is 2. The van der Waals surface area contributed by atoms with Crippen molar-refractivity contribution in [1.82, 2.24) is 19.9 Å². The van der Waals surface area contributed by atoms with Crippen molar-refractivity contribution in [2.24, 2.45) is 0 Å². The maximum Gasteiger partial charge on any atom is 0.140 e. The largest absolute Gasteiger partial charge is 0.495 e. The highest BCUT2D eigenvalue weighted by molar-refractivity contribution is 7.98. The van der Waals surface area contributed by atoms with Crippen LogP contribution in [0, 0.1) is 6.92 Å². The molecule has 0 aromatic carbocycles. The van der Waals surface area contributed by atoms with E-state index in [0.717, 1.165) is 39.8 Å². The molecule has 0 saturated carbocycles. The number of aromatic nitrogens is 4. The molecule has 146 valence electrons. The number of aryl methyl sites for hydroxylation is 1. The number of rotatable bonds is 8. The fourth-order valence-corrected chi connectivity index (χ4v) is 3.58. The van der Waals surface area contributed by atoms with Gasteiger partial charge in [-0.1, -0.05) is 0 Å². The fraction of sp³-hybridized carbons (Fsp3) is 0.300. The van der Waals surface area contributed by atoms with E-state index in [4.69, 9.17) is 10.5 Å². The van der Waals surface area contributed by atoms with Crippen molar-refractivity contribution in [1.29, 1.82) is 0 Å². The number of ether oxygens (including phenoxy) is 1. The summed E-state index contributed by atoms with van der Waals surface area (Å²) in [5.74, 6) is 3.08. The molecule has 8 heteroatoms. The number of thioether (sulfide) groups is 1. The Hall–Kier alpha value is -2.87. The van der Waals surface area contributed by atoms with Gasteiger partial charge in [0.1, 0.15) is 23.7 Å². The highest BCUT2D eigenvalue weighted by atomic mass is 32.2. The predicted octanol–water partition coefficient (Wildman–Crippen LogP) is 3.39. The highest BCUT2D eigenvalue weighted by Crippen LogP contribution is 2.30. The first kappa shape index (κ1) is 19.9. The van der Waals surface area contributed by atoms with Gasteiger partial charge in [-0.25, -0.2) is 15.0 Å². The molecule has 0 aliphatic rings. The molecular formula is C20H24N6OS. The van der Waals surface area contributed by atoms with Gasteiger partial charge in [0.15, 0.2) is 0 Å². The number of hydrogen-bond acceptors (Lipinski definition) is 8. The molecular weight excluding hydrogens is 372 g/mol. The minimum atomic E-state index is 0.190. The molecule has 3 heterocycles. The lowest BCUT2D eigenvalue weighted by Crippen LogP contribution is -2.17. The van der Waals surface area contributed by atoms with Crippen LogP contribution in [0.5, 0.6) is 5.75 Å². The average molecular weight is 397 g/mol. The molecule has 7 nitrogen and oxygen atoms in total. The van der Waals surface area contributed by atoms with Crippen molar-refractivity contribution in [3.63, 3.8) is 0 Å². The number of nitrogens with one attached hydrogen (secondary N) is 1. The van der Waals surface area contributed by atoms with Gasteiger partial charge in [0.05, 0.1) is 19.0 Å². The third-order valence-corrected chi connectivity index (χ3v) is 5.09. The van der Waals surface area contributed by atoms with Crippen LogP contribution in [0.3, 0.4) is 0 Å². The van der Waals surface area contributed by atoms with Crippen LogP contribution in [0.2, 0.25) is 0 Å². The van der Waals surface area contributed by atoms with Crippen LogP contribution in [0.15, 0.2) is 43.0 Å². The summed E-state index contributed by atoms with van der Waals surface area (Å²) in [5, 5.41) is 3.42. The zero-order valence-corrected chi connectivity index (χ0v) is 17.0. The summed E-state index contributed by atoms with van der Waals surface area (Å²) in [7, 11) is 1.65. The molecule has 0 spiro atoms. The molecule has 0 saturated heterocycles. The molecule has 28 heavy (non-hydrogen) atoms.